The van der Waals surface area contributed by atoms with Gasteiger partial charge in [-0.25, -0.2) is 4.79 Å². The zero-order chi connectivity index (χ0) is 8.27. The van der Waals surface area contributed by atoms with Crippen LogP contribution >= 0.6 is 0 Å². The lowest BCUT2D eigenvalue weighted by atomic mass is 10.2. The summed E-state index contributed by atoms with van der Waals surface area (Å²) in [5.41, 5.74) is 0.803. The number of carbonyl (C=O) groups excluding carboxylic acids is 1. The number of hydrogen-bond acceptors (Lipinski definition) is 2. The minimum atomic E-state index is -0.981. The van der Waals surface area contributed by atoms with Gasteiger partial charge in [0.25, 0.3) is 0 Å². The average Bonchev–Trinajstić information content (AvgIpc) is 2.31. The lowest BCUT2D eigenvalue weighted by Crippen LogP contribution is -1.85. The van der Waals surface area contributed by atoms with Gasteiger partial charge in [0.15, 0.2) is 5.78 Å². The number of ketones is 1. The lowest BCUT2D eigenvalue weighted by molar-refractivity contribution is -0.131. The van der Waals surface area contributed by atoms with Gasteiger partial charge in [0, 0.05) is 12.5 Å². The van der Waals surface area contributed by atoms with Crippen LogP contribution in [0.1, 0.15) is 12.8 Å². The smallest absolute Gasteiger partial charge is 0.328 e. The second-order valence-electron chi connectivity index (χ2n) is 2.36. The molecule has 0 radical (unpaired) electrons. The molecule has 0 heterocycles. The molecule has 3 heteroatoms. The van der Waals surface area contributed by atoms with Crippen molar-refractivity contribution in [1.82, 2.24) is 0 Å². The highest BCUT2D eigenvalue weighted by Gasteiger charge is 2.08. The van der Waals surface area contributed by atoms with Crippen LogP contribution in [0.2, 0.25) is 0 Å². The van der Waals surface area contributed by atoms with Crippen molar-refractivity contribution >= 4 is 11.8 Å². The molecule has 1 rings (SSSR count). The molecule has 11 heavy (non-hydrogen) atoms. The third-order valence-corrected chi connectivity index (χ3v) is 1.45. The highest BCUT2D eigenvalue weighted by molar-refractivity contribution is 5.94. The SMILES string of the molecule is O=C(O)/C=C/C1=CC(=O)CC1. The Balaban J connectivity index is 2.57. The molecule has 0 aromatic heterocycles. The van der Waals surface area contributed by atoms with Gasteiger partial charge in [-0.15, -0.1) is 0 Å². The van der Waals surface area contributed by atoms with Gasteiger partial charge in [0.2, 0.25) is 0 Å². The van der Waals surface area contributed by atoms with Crippen molar-refractivity contribution in [3.05, 3.63) is 23.8 Å². The Labute approximate surface area is 64.0 Å². The molecular weight excluding hydrogens is 144 g/mol. The van der Waals surface area contributed by atoms with Gasteiger partial charge >= 0.3 is 5.97 Å². The first-order valence-electron chi connectivity index (χ1n) is 3.33. The van der Waals surface area contributed by atoms with Crippen molar-refractivity contribution < 1.29 is 14.7 Å². The number of carboxylic acid groups (broad SMARTS) is 1. The van der Waals surface area contributed by atoms with Crippen LogP contribution in [-0.4, -0.2) is 16.9 Å². The maximum absolute atomic E-state index is 10.6. The van der Waals surface area contributed by atoms with Crippen LogP contribution in [0, 0.1) is 0 Å². The molecule has 0 amide bonds. The van der Waals surface area contributed by atoms with E-state index in [4.69, 9.17) is 5.11 Å². The van der Waals surface area contributed by atoms with Crippen molar-refractivity contribution in [1.29, 1.82) is 0 Å². The summed E-state index contributed by atoms with van der Waals surface area (Å²) in [7, 11) is 0. The molecule has 0 unspecified atom stereocenters. The summed E-state index contributed by atoms with van der Waals surface area (Å²) in [5.74, 6) is -0.903. The Kier molecular flexibility index (Phi) is 2.21. The molecular formula is C8H8O3. The third kappa shape index (κ3) is 2.37. The summed E-state index contributed by atoms with van der Waals surface area (Å²) in [6.07, 6.45) is 5.18. The fraction of sp³-hybridized carbons (Fsp3) is 0.250. The number of rotatable bonds is 2. The molecule has 1 aliphatic rings. The number of carbonyl (C=O) groups is 2. The standard InChI is InChI=1S/C8H8O3/c9-7-3-1-6(5-7)2-4-8(10)11/h2,4-5H,1,3H2,(H,10,11)/b4-2+. The molecule has 0 aromatic carbocycles. The Morgan fingerprint density at radius 3 is 2.73 bits per heavy atom. The maximum Gasteiger partial charge on any atom is 0.328 e. The fourth-order valence-corrected chi connectivity index (χ4v) is 0.928. The highest BCUT2D eigenvalue weighted by Crippen LogP contribution is 2.15. The largest absolute Gasteiger partial charge is 0.478 e. The zero-order valence-corrected chi connectivity index (χ0v) is 5.91. The maximum atomic E-state index is 10.6. The van der Waals surface area contributed by atoms with E-state index in [0.29, 0.717) is 12.8 Å². The molecule has 58 valence electrons. The van der Waals surface area contributed by atoms with E-state index in [9.17, 15) is 9.59 Å². The Bertz CT molecular complexity index is 248. The van der Waals surface area contributed by atoms with Crippen LogP contribution in [0.5, 0.6) is 0 Å². The first-order chi connectivity index (χ1) is 5.18. The molecule has 0 saturated carbocycles. The molecule has 0 spiro atoms. The number of hydrogen-bond donors (Lipinski definition) is 1. The molecule has 0 saturated heterocycles. The fourth-order valence-electron chi connectivity index (χ4n) is 0.928. The van der Waals surface area contributed by atoms with E-state index in [1.807, 2.05) is 0 Å². The van der Waals surface area contributed by atoms with Gasteiger partial charge in [-0.3, -0.25) is 4.79 Å². The van der Waals surface area contributed by atoms with E-state index in [1.54, 1.807) is 0 Å². The summed E-state index contributed by atoms with van der Waals surface area (Å²) in [6.45, 7) is 0. The van der Waals surface area contributed by atoms with Crippen molar-refractivity contribution in [3.63, 3.8) is 0 Å². The van der Waals surface area contributed by atoms with Crippen LogP contribution in [0.4, 0.5) is 0 Å². The van der Waals surface area contributed by atoms with Gasteiger partial charge < -0.3 is 5.11 Å². The molecule has 0 atom stereocenters. The van der Waals surface area contributed by atoms with Crippen molar-refractivity contribution in [3.8, 4) is 0 Å². The normalized spacial score (nSPS) is 17.5. The van der Waals surface area contributed by atoms with E-state index in [0.717, 1.165) is 11.6 Å². The second kappa shape index (κ2) is 3.14. The van der Waals surface area contributed by atoms with Crippen molar-refractivity contribution in [2.24, 2.45) is 0 Å². The first-order valence-corrected chi connectivity index (χ1v) is 3.33. The molecule has 1 aliphatic carbocycles. The molecule has 0 aliphatic heterocycles. The van der Waals surface area contributed by atoms with Crippen LogP contribution in [0.3, 0.4) is 0 Å². The molecule has 3 nitrogen and oxygen atoms in total. The third-order valence-electron chi connectivity index (χ3n) is 1.45. The minimum absolute atomic E-state index is 0.0787. The van der Waals surface area contributed by atoms with E-state index in [2.05, 4.69) is 0 Å². The Morgan fingerprint density at radius 1 is 1.55 bits per heavy atom. The van der Waals surface area contributed by atoms with Gasteiger partial charge in [-0.05, 0) is 18.1 Å². The van der Waals surface area contributed by atoms with Crippen molar-refractivity contribution in [2.45, 2.75) is 12.8 Å². The molecule has 0 aromatic rings. The molecule has 1 N–H and O–H groups in total. The van der Waals surface area contributed by atoms with E-state index in [1.165, 1.54) is 12.2 Å². The highest BCUT2D eigenvalue weighted by atomic mass is 16.4. The number of allylic oxidation sites excluding steroid dienone is 3. The van der Waals surface area contributed by atoms with Gasteiger partial charge in [0.05, 0.1) is 0 Å². The Hall–Kier alpha value is -1.38. The predicted octanol–water partition coefficient (Wildman–Crippen LogP) is 0.917. The predicted molar refractivity (Wildman–Crippen MR) is 39.1 cm³/mol. The molecule has 0 fully saturated rings. The zero-order valence-electron chi connectivity index (χ0n) is 5.91. The van der Waals surface area contributed by atoms with Crippen LogP contribution in [0.15, 0.2) is 23.8 Å². The van der Waals surface area contributed by atoms with Crippen LogP contribution in [-0.2, 0) is 9.59 Å². The van der Waals surface area contributed by atoms with Crippen LogP contribution < -0.4 is 0 Å². The second-order valence-corrected chi connectivity index (χ2v) is 2.36. The topological polar surface area (TPSA) is 54.4 Å². The lowest BCUT2D eigenvalue weighted by Gasteiger charge is -1.85. The first kappa shape index (κ1) is 7.72. The summed E-state index contributed by atoms with van der Waals surface area (Å²) in [6, 6.07) is 0. The minimum Gasteiger partial charge on any atom is -0.478 e. The van der Waals surface area contributed by atoms with Crippen LogP contribution in [0.25, 0.3) is 0 Å². The number of carboxylic acids is 1. The Morgan fingerprint density at radius 2 is 2.27 bits per heavy atom. The van der Waals surface area contributed by atoms with E-state index >= 15 is 0 Å². The monoisotopic (exact) mass is 152 g/mol. The summed E-state index contributed by atoms with van der Waals surface area (Å²) < 4.78 is 0. The average molecular weight is 152 g/mol. The number of aliphatic carboxylic acids is 1. The van der Waals surface area contributed by atoms with Gasteiger partial charge in [-0.2, -0.15) is 0 Å². The quantitative estimate of drug-likeness (QED) is 0.598. The summed E-state index contributed by atoms with van der Waals surface area (Å²) >= 11 is 0. The van der Waals surface area contributed by atoms with E-state index < -0.39 is 5.97 Å². The van der Waals surface area contributed by atoms with Crippen molar-refractivity contribution in [2.75, 3.05) is 0 Å². The summed E-state index contributed by atoms with van der Waals surface area (Å²) in [4.78, 5) is 20.7. The molecule has 0 bridgehead atoms. The van der Waals surface area contributed by atoms with E-state index in [-0.39, 0.29) is 5.78 Å². The van der Waals surface area contributed by atoms with Gasteiger partial charge in [-0.1, -0.05) is 6.08 Å². The summed E-state index contributed by atoms with van der Waals surface area (Å²) in [5, 5.41) is 8.24. The van der Waals surface area contributed by atoms with Gasteiger partial charge in [0.1, 0.15) is 0 Å².